The van der Waals surface area contributed by atoms with Crippen LogP contribution in [0, 0.1) is 6.92 Å². The summed E-state index contributed by atoms with van der Waals surface area (Å²) in [7, 11) is 4.11. The van der Waals surface area contributed by atoms with E-state index in [1.165, 1.54) is 11.1 Å². The number of allylic oxidation sites excluding steroid dienone is 1. The number of nitrogens with one attached hydrogen (secondary N) is 1. The maximum atomic E-state index is 14.4. The molecule has 0 atom stereocenters. The van der Waals surface area contributed by atoms with Gasteiger partial charge in [-0.2, -0.15) is 5.10 Å². The number of H-pyrrole nitrogens is 1. The third kappa shape index (κ3) is 10.3. The first-order valence-corrected chi connectivity index (χ1v) is 23.7. The van der Waals surface area contributed by atoms with Crippen LogP contribution >= 0.6 is 11.6 Å². The highest BCUT2D eigenvalue weighted by molar-refractivity contribution is 6.30. The van der Waals surface area contributed by atoms with E-state index < -0.39 is 0 Å². The van der Waals surface area contributed by atoms with Crippen LogP contribution in [0.2, 0.25) is 5.02 Å². The molecule has 12 nitrogen and oxygen atoms in total. The van der Waals surface area contributed by atoms with Gasteiger partial charge in [-0.05, 0) is 147 Å². The van der Waals surface area contributed by atoms with Crippen LogP contribution < -0.4 is 15.2 Å². The fourth-order valence-electron chi connectivity index (χ4n) is 9.26. The fraction of sp³-hybridized carbons (Fsp3) is 0.333. The summed E-state index contributed by atoms with van der Waals surface area (Å²) in [6, 6.07) is 31.0. The molecule has 1 N–H and O–H groups in total. The Morgan fingerprint density at radius 3 is 2.43 bits per heavy atom. The minimum absolute atomic E-state index is 0.0276. The number of fused-ring (bicyclic) bond motifs is 4. The number of hydrogen-bond donors (Lipinski definition) is 1. The van der Waals surface area contributed by atoms with Gasteiger partial charge in [-0.15, -0.1) is 0 Å². The van der Waals surface area contributed by atoms with Crippen LogP contribution in [0.3, 0.4) is 0 Å². The molecule has 67 heavy (non-hydrogen) atoms. The predicted octanol–water partition coefficient (Wildman–Crippen LogP) is 10.8. The molecule has 5 heterocycles. The highest BCUT2D eigenvalue weighted by Gasteiger charge is 2.25. The number of ether oxygens (including phenoxy) is 4. The van der Waals surface area contributed by atoms with E-state index in [1.54, 1.807) is 0 Å². The Labute approximate surface area is 396 Å². The SMILES string of the molecule is CC/C(=C(/c1ccc(OCCOCCCn2c(=O)n(C3CCOCC3)c3c4cc(-c5ccc(OCCCN(C)C)nc5)ccc4ncc32)cc1)c1ccc2[nH]ncc2c1)c1ccc(Cl)cc1C. The maximum Gasteiger partial charge on any atom is 0.329 e. The molecular weight excluding hydrogens is 862 g/mol. The Morgan fingerprint density at radius 1 is 0.836 bits per heavy atom. The summed E-state index contributed by atoms with van der Waals surface area (Å²) in [4.78, 5) is 26.0. The Hall–Kier alpha value is -6.31. The fourth-order valence-corrected chi connectivity index (χ4v) is 9.49. The number of nitrogens with zero attached hydrogens (tertiary/aromatic N) is 6. The summed E-state index contributed by atoms with van der Waals surface area (Å²) in [6.07, 6.45) is 9.52. The standard InChI is InChI=1S/C54H58ClN7O5/c1-5-45(46-16-13-42(55)30-36(46)2)52(39-11-17-48-41(31-39)34-58-59-48)37-8-14-44(15-9-37)66-29-28-64-24-7-23-61-50-35-56-49-18-10-38(40-12-19-51(57-33-40)67-25-6-22-60(3)4)32-47(49)53(50)62(54(61)63)43-20-26-65-27-21-43/h8-19,30-35,43H,5-7,20-29H2,1-4H3,(H,58,59)/b52-45+. The van der Waals surface area contributed by atoms with Crippen molar-refractivity contribution in [3.05, 3.63) is 147 Å². The smallest absolute Gasteiger partial charge is 0.329 e. The number of aromatic nitrogens is 6. The molecule has 0 radical (unpaired) electrons. The lowest BCUT2D eigenvalue weighted by Gasteiger charge is -2.23. The first kappa shape index (κ1) is 45.8. The minimum Gasteiger partial charge on any atom is -0.491 e. The number of rotatable bonds is 19. The lowest BCUT2D eigenvalue weighted by atomic mass is 9.86. The first-order valence-electron chi connectivity index (χ1n) is 23.3. The predicted molar refractivity (Wildman–Crippen MR) is 268 cm³/mol. The zero-order valence-electron chi connectivity index (χ0n) is 38.8. The van der Waals surface area contributed by atoms with Gasteiger partial charge in [0.1, 0.15) is 12.4 Å². The van der Waals surface area contributed by atoms with Crippen molar-refractivity contribution in [3.63, 3.8) is 0 Å². The van der Waals surface area contributed by atoms with Crippen LogP contribution in [0.15, 0.2) is 114 Å². The van der Waals surface area contributed by atoms with Gasteiger partial charge in [0.15, 0.2) is 0 Å². The van der Waals surface area contributed by atoms with E-state index >= 15 is 0 Å². The molecule has 0 amide bonds. The lowest BCUT2D eigenvalue weighted by Crippen LogP contribution is -2.31. The van der Waals surface area contributed by atoms with Gasteiger partial charge in [-0.25, -0.2) is 9.78 Å². The molecule has 4 aromatic carbocycles. The zero-order valence-corrected chi connectivity index (χ0v) is 39.5. The second-order valence-corrected chi connectivity index (χ2v) is 17.9. The molecule has 346 valence electrons. The molecular formula is C54H58ClN7O5. The van der Waals surface area contributed by atoms with Crippen LogP contribution in [-0.4, -0.2) is 94.5 Å². The van der Waals surface area contributed by atoms with Crippen molar-refractivity contribution < 1.29 is 18.9 Å². The number of pyridine rings is 2. The average molecular weight is 921 g/mol. The van der Waals surface area contributed by atoms with Crippen molar-refractivity contribution in [2.24, 2.45) is 0 Å². The van der Waals surface area contributed by atoms with E-state index in [1.807, 2.05) is 70.2 Å². The van der Waals surface area contributed by atoms with Crippen LogP contribution in [0.25, 0.3) is 55.1 Å². The zero-order chi connectivity index (χ0) is 46.3. The van der Waals surface area contributed by atoms with Crippen molar-refractivity contribution in [3.8, 4) is 22.8 Å². The van der Waals surface area contributed by atoms with Crippen molar-refractivity contribution in [1.82, 2.24) is 34.2 Å². The minimum atomic E-state index is -0.0276. The van der Waals surface area contributed by atoms with E-state index in [0.29, 0.717) is 58.5 Å². The van der Waals surface area contributed by atoms with Gasteiger partial charge in [-0.1, -0.05) is 48.9 Å². The maximum absolute atomic E-state index is 14.4. The summed E-state index contributed by atoms with van der Waals surface area (Å²) in [6.45, 7) is 8.91. The second-order valence-electron chi connectivity index (χ2n) is 17.4. The molecule has 9 rings (SSSR count). The number of halogens is 1. The Morgan fingerprint density at radius 2 is 1.66 bits per heavy atom. The van der Waals surface area contributed by atoms with Crippen LogP contribution in [-0.2, 0) is 16.0 Å². The molecule has 0 spiro atoms. The molecule has 4 aromatic heterocycles. The Balaban J connectivity index is 0.865. The Bertz CT molecular complexity index is 3060. The van der Waals surface area contributed by atoms with Gasteiger partial charge in [0, 0.05) is 72.6 Å². The van der Waals surface area contributed by atoms with E-state index in [9.17, 15) is 4.79 Å². The first-order chi connectivity index (χ1) is 32.7. The molecule has 13 heteroatoms. The molecule has 1 saturated heterocycles. The number of imidazole rings is 1. The van der Waals surface area contributed by atoms with Crippen molar-refractivity contribution >= 4 is 55.6 Å². The van der Waals surface area contributed by atoms with Gasteiger partial charge in [0.25, 0.3) is 0 Å². The molecule has 1 aliphatic heterocycles. The topological polar surface area (TPSA) is 122 Å². The molecule has 0 bridgehead atoms. The normalized spacial score (nSPS) is 13.8. The quantitative estimate of drug-likeness (QED) is 0.0624. The third-order valence-electron chi connectivity index (χ3n) is 12.6. The van der Waals surface area contributed by atoms with Crippen molar-refractivity contribution in [2.75, 3.05) is 60.3 Å². The van der Waals surface area contributed by atoms with Crippen molar-refractivity contribution in [1.29, 1.82) is 0 Å². The van der Waals surface area contributed by atoms with E-state index in [4.69, 9.17) is 35.5 Å². The van der Waals surface area contributed by atoms with Crippen LogP contribution in [0.1, 0.15) is 67.3 Å². The highest BCUT2D eigenvalue weighted by atomic mass is 35.5. The third-order valence-corrected chi connectivity index (χ3v) is 12.9. The number of benzene rings is 4. The van der Waals surface area contributed by atoms with Gasteiger partial charge < -0.3 is 23.8 Å². The van der Waals surface area contributed by atoms with E-state index in [-0.39, 0.29) is 11.7 Å². The van der Waals surface area contributed by atoms with Crippen molar-refractivity contribution in [2.45, 2.75) is 58.5 Å². The lowest BCUT2D eigenvalue weighted by molar-refractivity contribution is 0.0695. The second kappa shape index (κ2) is 21.1. The number of hydrogen-bond acceptors (Lipinski definition) is 9. The Kier molecular flexibility index (Phi) is 14.4. The molecule has 0 unspecified atom stereocenters. The summed E-state index contributed by atoms with van der Waals surface area (Å²) < 4.78 is 27.7. The van der Waals surface area contributed by atoms with E-state index in [0.717, 1.165) is 109 Å². The summed E-state index contributed by atoms with van der Waals surface area (Å²) in [5, 5.41) is 10.0. The van der Waals surface area contributed by atoms with Gasteiger partial charge in [-0.3, -0.25) is 19.2 Å². The summed E-state index contributed by atoms with van der Waals surface area (Å²) >= 11 is 6.38. The monoisotopic (exact) mass is 919 g/mol. The van der Waals surface area contributed by atoms with Gasteiger partial charge in [0.2, 0.25) is 5.88 Å². The molecule has 1 aliphatic rings. The summed E-state index contributed by atoms with van der Waals surface area (Å²) in [5.74, 6) is 1.37. The molecule has 8 aromatic rings. The highest BCUT2D eigenvalue weighted by Crippen LogP contribution is 2.38. The molecule has 0 saturated carbocycles. The number of aromatic amines is 1. The average Bonchev–Trinajstić information content (AvgIpc) is 3.94. The van der Waals surface area contributed by atoms with Gasteiger partial charge in [0.05, 0.1) is 47.7 Å². The largest absolute Gasteiger partial charge is 0.491 e. The van der Waals surface area contributed by atoms with Crippen LogP contribution in [0.5, 0.6) is 11.6 Å². The van der Waals surface area contributed by atoms with Gasteiger partial charge >= 0.3 is 5.69 Å². The molecule has 0 aliphatic carbocycles. The summed E-state index contributed by atoms with van der Waals surface area (Å²) in [5.41, 5.74) is 12.4. The molecule has 1 fully saturated rings. The van der Waals surface area contributed by atoms with E-state index in [2.05, 4.69) is 96.6 Å². The van der Waals surface area contributed by atoms with Crippen LogP contribution in [0.4, 0.5) is 0 Å². The number of aryl methyl sites for hydroxylation is 2.